The van der Waals surface area contributed by atoms with Gasteiger partial charge in [-0.25, -0.2) is 10.2 Å². The number of likely N-dealkylation sites (N-methyl/N-ethyl adjacent to an activating group) is 1. The molecule has 3 aromatic carbocycles. The minimum atomic E-state index is -1.33. The Morgan fingerprint density at radius 2 is 1.74 bits per heavy atom. The summed E-state index contributed by atoms with van der Waals surface area (Å²) in [6, 6.07) is 23.1. The zero-order chi connectivity index (χ0) is 27.3. The van der Waals surface area contributed by atoms with Gasteiger partial charge in [-0.05, 0) is 67.3 Å². The highest BCUT2D eigenvalue weighted by molar-refractivity contribution is 5.93. The highest BCUT2D eigenvalue weighted by Crippen LogP contribution is 2.27. The molecule has 1 aliphatic heterocycles. The van der Waals surface area contributed by atoms with Crippen molar-refractivity contribution in [1.82, 2.24) is 15.8 Å². The zero-order valence-electron chi connectivity index (χ0n) is 22.0. The highest BCUT2D eigenvalue weighted by Gasteiger charge is 2.30. The largest absolute Gasteiger partial charge is 0.489 e. The number of hydrazine groups is 1. The van der Waals surface area contributed by atoms with Crippen LogP contribution in [0, 0.1) is 6.92 Å². The van der Waals surface area contributed by atoms with Crippen LogP contribution in [-0.4, -0.2) is 34.6 Å². The topological polar surface area (TPSA) is 100 Å². The van der Waals surface area contributed by atoms with E-state index < -0.39 is 11.6 Å². The number of carbonyl (C=O) groups is 2. The van der Waals surface area contributed by atoms with Gasteiger partial charge in [0, 0.05) is 13.6 Å². The second kappa shape index (κ2) is 11.4. The molecule has 1 heterocycles. The number of hydrogen-bond acceptors (Lipinski definition) is 6. The lowest BCUT2D eigenvalue weighted by atomic mass is 10.1. The van der Waals surface area contributed by atoms with E-state index in [-0.39, 0.29) is 11.9 Å². The molecular formula is C30H33N3O5. The molecule has 8 nitrogen and oxygen atoms in total. The van der Waals surface area contributed by atoms with Crippen LogP contribution in [0.1, 0.15) is 42.1 Å². The fourth-order valence-electron chi connectivity index (χ4n) is 4.02. The molecule has 3 aromatic rings. The molecule has 4 rings (SSSR count). The first-order chi connectivity index (χ1) is 18.1. The Morgan fingerprint density at radius 3 is 2.39 bits per heavy atom. The first-order valence-electron chi connectivity index (χ1n) is 12.4. The van der Waals surface area contributed by atoms with E-state index >= 15 is 0 Å². The average Bonchev–Trinajstić information content (AvgIpc) is 3.30. The molecule has 0 aromatic heterocycles. The number of amides is 1. The van der Waals surface area contributed by atoms with E-state index in [1.807, 2.05) is 86.8 Å². The lowest BCUT2D eigenvalue weighted by molar-refractivity contribution is -0.152. The number of rotatable bonds is 10. The SMILES string of the molecule is Cc1cc(CNC(=O)C2=CC(c3ccc(OCc4ccccc4)cc3)NN2C)ccc1OC(C)(C)C(=O)O. The molecule has 3 N–H and O–H groups in total. The summed E-state index contributed by atoms with van der Waals surface area (Å²) in [5, 5.41) is 14.0. The Kier molecular flexibility index (Phi) is 8.02. The highest BCUT2D eigenvalue weighted by atomic mass is 16.5. The Bertz CT molecular complexity index is 1320. The standard InChI is InChI=1S/C30H33N3O5/c1-20-16-22(10-15-27(20)38-30(2,3)29(35)36)18-31-28(34)26-17-25(32-33(26)4)23-11-13-24(14-12-23)37-19-21-8-6-5-7-9-21/h5-17,25,32H,18-19H2,1-4H3,(H,31,34)(H,35,36). The third-order valence-corrected chi connectivity index (χ3v) is 6.31. The maximum absolute atomic E-state index is 12.9. The van der Waals surface area contributed by atoms with Crippen molar-refractivity contribution in [3.8, 4) is 11.5 Å². The molecular weight excluding hydrogens is 482 g/mol. The number of nitrogens with one attached hydrogen (secondary N) is 2. The molecule has 1 atom stereocenters. The maximum atomic E-state index is 12.9. The van der Waals surface area contributed by atoms with Crippen LogP contribution in [0.2, 0.25) is 0 Å². The van der Waals surface area contributed by atoms with Gasteiger partial charge >= 0.3 is 5.97 Å². The van der Waals surface area contributed by atoms with Crippen LogP contribution >= 0.6 is 0 Å². The first kappa shape index (κ1) is 26.8. The van der Waals surface area contributed by atoms with Crippen LogP contribution < -0.4 is 20.2 Å². The van der Waals surface area contributed by atoms with Crippen LogP contribution in [0.4, 0.5) is 0 Å². The average molecular weight is 516 g/mol. The van der Waals surface area contributed by atoms with E-state index in [9.17, 15) is 14.7 Å². The number of carboxylic acid groups (broad SMARTS) is 1. The summed E-state index contributed by atoms with van der Waals surface area (Å²) in [4.78, 5) is 24.3. The predicted molar refractivity (Wildman–Crippen MR) is 144 cm³/mol. The molecule has 0 saturated carbocycles. The third-order valence-electron chi connectivity index (χ3n) is 6.31. The molecule has 0 aliphatic carbocycles. The summed E-state index contributed by atoms with van der Waals surface area (Å²) < 4.78 is 11.5. The molecule has 8 heteroatoms. The van der Waals surface area contributed by atoms with Crippen LogP contribution in [0.5, 0.6) is 11.5 Å². The smallest absolute Gasteiger partial charge is 0.347 e. The molecule has 1 amide bonds. The van der Waals surface area contributed by atoms with Crippen molar-refractivity contribution in [2.75, 3.05) is 7.05 Å². The third kappa shape index (κ3) is 6.52. The van der Waals surface area contributed by atoms with Crippen molar-refractivity contribution >= 4 is 11.9 Å². The summed E-state index contributed by atoms with van der Waals surface area (Å²) in [7, 11) is 1.81. The Hall–Kier alpha value is -4.30. The van der Waals surface area contributed by atoms with Gasteiger partial charge in [0.1, 0.15) is 23.8 Å². The molecule has 1 aliphatic rings. The monoisotopic (exact) mass is 515 g/mol. The Morgan fingerprint density at radius 1 is 1.03 bits per heavy atom. The number of carboxylic acids is 1. The molecule has 1 unspecified atom stereocenters. The summed E-state index contributed by atoms with van der Waals surface area (Å²) >= 11 is 0. The van der Waals surface area contributed by atoms with E-state index in [1.54, 1.807) is 11.1 Å². The van der Waals surface area contributed by atoms with Gasteiger partial charge in [-0.3, -0.25) is 4.79 Å². The van der Waals surface area contributed by atoms with Crippen molar-refractivity contribution in [3.05, 3.63) is 107 Å². The summed E-state index contributed by atoms with van der Waals surface area (Å²) in [6.45, 7) is 5.68. The van der Waals surface area contributed by atoms with Gasteiger partial charge in [0.15, 0.2) is 5.60 Å². The van der Waals surface area contributed by atoms with E-state index in [0.717, 1.165) is 28.0 Å². The van der Waals surface area contributed by atoms with E-state index in [1.165, 1.54) is 13.8 Å². The van der Waals surface area contributed by atoms with Crippen molar-refractivity contribution < 1.29 is 24.2 Å². The molecule has 38 heavy (non-hydrogen) atoms. The Balaban J connectivity index is 1.33. The molecule has 0 spiro atoms. The molecule has 0 radical (unpaired) electrons. The first-order valence-corrected chi connectivity index (χ1v) is 12.4. The fourth-order valence-corrected chi connectivity index (χ4v) is 4.02. The number of benzene rings is 3. The van der Waals surface area contributed by atoms with Crippen molar-refractivity contribution in [2.45, 2.75) is 45.6 Å². The number of nitrogens with zero attached hydrogens (tertiary/aromatic N) is 1. The normalized spacial score (nSPS) is 15.1. The number of aryl methyl sites for hydroxylation is 1. The lowest BCUT2D eigenvalue weighted by Gasteiger charge is -2.23. The second-order valence-corrected chi connectivity index (χ2v) is 9.76. The zero-order valence-corrected chi connectivity index (χ0v) is 22.0. The van der Waals surface area contributed by atoms with Gasteiger partial charge in [-0.15, -0.1) is 0 Å². The Labute approximate surface area is 222 Å². The quantitative estimate of drug-likeness (QED) is 0.365. The second-order valence-electron chi connectivity index (χ2n) is 9.76. The van der Waals surface area contributed by atoms with Crippen molar-refractivity contribution in [1.29, 1.82) is 0 Å². The van der Waals surface area contributed by atoms with E-state index in [2.05, 4.69) is 10.7 Å². The number of ether oxygens (including phenoxy) is 2. The molecule has 0 saturated heterocycles. The van der Waals surface area contributed by atoms with Gasteiger partial charge < -0.3 is 24.9 Å². The number of carbonyl (C=O) groups excluding carboxylic acids is 1. The molecule has 0 fully saturated rings. The predicted octanol–water partition coefficient (Wildman–Crippen LogP) is 4.51. The van der Waals surface area contributed by atoms with Crippen LogP contribution in [0.25, 0.3) is 0 Å². The lowest BCUT2D eigenvalue weighted by Crippen LogP contribution is -2.38. The van der Waals surface area contributed by atoms with Crippen LogP contribution in [0.15, 0.2) is 84.6 Å². The van der Waals surface area contributed by atoms with Gasteiger partial charge in [-0.1, -0.05) is 54.6 Å². The molecule has 0 bridgehead atoms. The minimum absolute atomic E-state index is 0.139. The van der Waals surface area contributed by atoms with Crippen molar-refractivity contribution in [3.63, 3.8) is 0 Å². The van der Waals surface area contributed by atoms with Gasteiger partial charge in [0.25, 0.3) is 5.91 Å². The number of hydrogen-bond donors (Lipinski definition) is 3. The summed E-state index contributed by atoms with van der Waals surface area (Å²) in [5.41, 5.74) is 6.29. The fraction of sp³-hybridized carbons (Fsp3) is 0.267. The van der Waals surface area contributed by atoms with Gasteiger partial charge in [-0.2, -0.15) is 0 Å². The van der Waals surface area contributed by atoms with Crippen LogP contribution in [0.3, 0.4) is 0 Å². The maximum Gasteiger partial charge on any atom is 0.347 e. The minimum Gasteiger partial charge on any atom is -0.489 e. The number of aliphatic carboxylic acids is 1. The van der Waals surface area contributed by atoms with Gasteiger partial charge in [0.05, 0.1) is 6.04 Å². The van der Waals surface area contributed by atoms with Crippen molar-refractivity contribution in [2.24, 2.45) is 0 Å². The summed E-state index contributed by atoms with van der Waals surface area (Å²) in [5.74, 6) is 0.0372. The van der Waals surface area contributed by atoms with E-state index in [4.69, 9.17) is 9.47 Å². The van der Waals surface area contributed by atoms with Crippen LogP contribution in [-0.2, 0) is 22.7 Å². The van der Waals surface area contributed by atoms with Gasteiger partial charge in [0.2, 0.25) is 0 Å². The summed E-state index contributed by atoms with van der Waals surface area (Å²) in [6.07, 6.45) is 1.89. The molecule has 198 valence electrons. The van der Waals surface area contributed by atoms with E-state index in [0.29, 0.717) is 24.6 Å².